The number of nitrogens with zero attached hydrogens (tertiary/aromatic N) is 2. The molecule has 3 rings (SSSR count). The molecule has 1 N–H and O–H groups in total. The third kappa shape index (κ3) is 5.63. The Bertz CT molecular complexity index is 909. The van der Waals surface area contributed by atoms with E-state index in [9.17, 15) is 4.79 Å². The second-order valence-corrected chi connectivity index (χ2v) is 7.44. The minimum Gasteiger partial charge on any atom is -0.494 e. The molecule has 2 aromatic carbocycles. The third-order valence-electron chi connectivity index (χ3n) is 4.36. The molecule has 0 spiro atoms. The van der Waals surface area contributed by atoms with E-state index in [4.69, 9.17) is 4.74 Å². The van der Waals surface area contributed by atoms with Crippen LogP contribution in [0.3, 0.4) is 0 Å². The van der Waals surface area contributed by atoms with E-state index in [0.29, 0.717) is 18.9 Å². The molecule has 0 fully saturated rings. The molecular formula is C22H25N3O2S. The van der Waals surface area contributed by atoms with E-state index in [-0.39, 0.29) is 5.91 Å². The number of benzene rings is 2. The van der Waals surface area contributed by atoms with Crippen LogP contribution in [0.15, 0.2) is 66.1 Å². The fourth-order valence-electron chi connectivity index (χ4n) is 2.66. The first-order valence-electron chi connectivity index (χ1n) is 9.32. The Morgan fingerprint density at radius 1 is 1.14 bits per heavy atom. The van der Waals surface area contributed by atoms with Gasteiger partial charge in [0.1, 0.15) is 5.75 Å². The first-order valence-corrected chi connectivity index (χ1v) is 10.3. The van der Waals surface area contributed by atoms with Crippen molar-refractivity contribution in [1.29, 1.82) is 0 Å². The quantitative estimate of drug-likeness (QED) is 0.436. The topological polar surface area (TPSA) is 56.2 Å². The first kappa shape index (κ1) is 20.0. The Morgan fingerprint density at radius 2 is 1.96 bits per heavy atom. The van der Waals surface area contributed by atoms with Crippen LogP contribution < -0.4 is 10.1 Å². The minimum atomic E-state index is -0.000604. The van der Waals surface area contributed by atoms with Crippen molar-refractivity contribution in [2.75, 3.05) is 18.9 Å². The number of thioether (sulfide) groups is 1. The van der Waals surface area contributed by atoms with E-state index in [1.54, 1.807) is 6.20 Å². The SMILES string of the molecule is Cc1ccc(-n2ccnc2SCC(=O)NCCCOc2ccccc2)cc1C. The summed E-state index contributed by atoms with van der Waals surface area (Å²) in [5.41, 5.74) is 3.55. The highest BCUT2D eigenvalue weighted by atomic mass is 32.2. The van der Waals surface area contributed by atoms with E-state index in [2.05, 4.69) is 42.3 Å². The number of carbonyl (C=O) groups is 1. The number of hydrogen-bond donors (Lipinski definition) is 1. The lowest BCUT2D eigenvalue weighted by Gasteiger charge is -2.10. The molecule has 28 heavy (non-hydrogen) atoms. The Labute approximate surface area is 170 Å². The van der Waals surface area contributed by atoms with Crippen LogP contribution in [0, 0.1) is 13.8 Å². The number of aromatic nitrogens is 2. The number of nitrogens with one attached hydrogen (secondary N) is 1. The Balaban J connectivity index is 1.41. The summed E-state index contributed by atoms with van der Waals surface area (Å²) in [5, 5.41) is 3.74. The number of ether oxygens (including phenoxy) is 1. The normalized spacial score (nSPS) is 10.6. The summed E-state index contributed by atoms with van der Waals surface area (Å²) in [6, 6.07) is 16.0. The predicted molar refractivity (Wildman–Crippen MR) is 113 cm³/mol. The highest BCUT2D eigenvalue weighted by Crippen LogP contribution is 2.22. The number of hydrogen-bond acceptors (Lipinski definition) is 4. The van der Waals surface area contributed by atoms with Crippen LogP contribution in [-0.2, 0) is 4.79 Å². The molecule has 0 radical (unpaired) electrons. The lowest BCUT2D eigenvalue weighted by atomic mass is 10.1. The van der Waals surface area contributed by atoms with Crippen molar-refractivity contribution in [3.8, 4) is 11.4 Å². The van der Waals surface area contributed by atoms with E-state index in [1.807, 2.05) is 41.1 Å². The van der Waals surface area contributed by atoms with Gasteiger partial charge in [-0.2, -0.15) is 0 Å². The number of carbonyl (C=O) groups excluding carboxylic acids is 1. The van der Waals surface area contributed by atoms with Crippen molar-refractivity contribution in [2.24, 2.45) is 0 Å². The third-order valence-corrected chi connectivity index (χ3v) is 5.33. The van der Waals surface area contributed by atoms with Gasteiger partial charge in [-0.15, -0.1) is 0 Å². The molecule has 146 valence electrons. The van der Waals surface area contributed by atoms with Gasteiger partial charge in [0.2, 0.25) is 5.91 Å². The number of imidazole rings is 1. The van der Waals surface area contributed by atoms with Crippen molar-refractivity contribution in [3.63, 3.8) is 0 Å². The summed E-state index contributed by atoms with van der Waals surface area (Å²) in [7, 11) is 0. The smallest absolute Gasteiger partial charge is 0.230 e. The molecule has 0 bridgehead atoms. The largest absolute Gasteiger partial charge is 0.494 e. The molecule has 1 aromatic heterocycles. The predicted octanol–water partition coefficient (Wildman–Crippen LogP) is 4.17. The van der Waals surface area contributed by atoms with Crippen LogP contribution in [0.2, 0.25) is 0 Å². The molecule has 0 saturated heterocycles. The summed E-state index contributed by atoms with van der Waals surface area (Å²) in [5.74, 6) is 1.18. The van der Waals surface area contributed by atoms with Gasteiger partial charge in [0.05, 0.1) is 12.4 Å². The summed E-state index contributed by atoms with van der Waals surface area (Å²) in [4.78, 5) is 16.5. The van der Waals surface area contributed by atoms with Gasteiger partial charge >= 0.3 is 0 Å². The number of para-hydroxylation sites is 1. The molecule has 5 nitrogen and oxygen atoms in total. The summed E-state index contributed by atoms with van der Waals surface area (Å²) >= 11 is 1.44. The van der Waals surface area contributed by atoms with Crippen LogP contribution in [-0.4, -0.2) is 34.4 Å². The van der Waals surface area contributed by atoms with Gasteiger partial charge in [0, 0.05) is 24.6 Å². The monoisotopic (exact) mass is 395 g/mol. The fourth-order valence-corrected chi connectivity index (χ4v) is 3.46. The molecule has 0 aliphatic heterocycles. The maximum Gasteiger partial charge on any atom is 0.230 e. The highest BCUT2D eigenvalue weighted by Gasteiger charge is 2.09. The average molecular weight is 396 g/mol. The van der Waals surface area contributed by atoms with Crippen LogP contribution in [0.25, 0.3) is 5.69 Å². The lowest BCUT2D eigenvalue weighted by molar-refractivity contribution is -0.118. The zero-order valence-corrected chi connectivity index (χ0v) is 17.0. The zero-order valence-electron chi connectivity index (χ0n) is 16.2. The first-order chi connectivity index (χ1) is 13.6. The van der Waals surface area contributed by atoms with E-state index in [1.165, 1.54) is 22.9 Å². The molecule has 1 heterocycles. The van der Waals surface area contributed by atoms with Crippen molar-refractivity contribution in [3.05, 3.63) is 72.1 Å². The zero-order chi connectivity index (χ0) is 19.8. The average Bonchev–Trinajstić information content (AvgIpc) is 3.18. The van der Waals surface area contributed by atoms with E-state index >= 15 is 0 Å². The number of rotatable bonds is 9. The highest BCUT2D eigenvalue weighted by molar-refractivity contribution is 7.99. The van der Waals surface area contributed by atoms with Crippen LogP contribution in [0.1, 0.15) is 17.5 Å². The Kier molecular flexibility index (Phi) is 7.14. The second kappa shape index (κ2) is 9.99. The Morgan fingerprint density at radius 3 is 2.75 bits per heavy atom. The van der Waals surface area contributed by atoms with E-state index in [0.717, 1.165) is 23.0 Å². The molecule has 3 aromatic rings. The van der Waals surface area contributed by atoms with Crippen molar-refractivity contribution in [2.45, 2.75) is 25.4 Å². The number of aryl methyl sites for hydroxylation is 2. The summed E-state index contributed by atoms with van der Waals surface area (Å²) in [6.45, 7) is 5.36. The maximum atomic E-state index is 12.1. The molecule has 0 unspecified atom stereocenters. The van der Waals surface area contributed by atoms with Gasteiger partial charge in [-0.25, -0.2) is 4.98 Å². The van der Waals surface area contributed by atoms with Crippen LogP contribution in [0.5, 0.6) is 5.75 Å². The van der Waals surface area contributed by atoms with Crippen molar-refractivity contribution >= 4 is 17.7 Å². The minimum absolute atomic E-state index is 0.000604. The fraction of sp³-hybridized carbons (Fsp3) is 0.273. The van der Waals surface area contributed by atoms with Gasteiger partial charge in [-0.05, 0) is 55.7 Å². The van der Waals surface area contributed by atoms with Crippen LogP contribution >= 0.6 is 11.8 Å². The van der Waals surface area contributed by atoms with Gasteiger partial charge < -0.3 is 10.1 Å². The standard InChI is InChI=1S/C22H25N3O2S/c1-17-9-10-19(15-18(17)2)25-13-12-24-22(25)28-16-21(26)23-11-6-14-27-20-7-4-3-5-8-20/h3-5,7-10,12-13,15H,6,11,14,16H2,1-2H3,(H,23,26). The molecule has 0 saturated carbocycles. The molecule has 1 amide bonds. The molecule has 6 heteroatoms. The van der Waals surface area contributed by atoms with Gasteiger partial charge in [0.25, 0.3) is 0 Å². The summed E-state index contributed by atoms with van der Waals surface area (Å²) < 4.78 is 7.63. The van der Waals surface area contributed by atoms with Gasteiger partial charge in [0.15, 0.2) is 5.16 Å². The van der Waals surface area contributed by atoms with Crippen LogP contribution in [0.4, 0.5) is 0 Å². The number of amides is 1. The molecule has 0 aliphatic carbocycles. The molecule has 0 atom stereocenters. The van der Waals surface area contributed by atoms with Crippen molar-refractivity contribution in [1.82, 2.24) is 14.9 Å². The molecular weight excluding hydrogens is 370 g/mol. The van der Waals surface area contributed by atoms with Gasteiger partial charge in [-0.1, -0.05) is 36.0 Å². The lowest BCUT2D eigenvalue weighted by Crippen LogP contribution is -2.27. The summed E-state index contributed by atoms with van der Waals surface area (Å²) in [6.07, 6.45) is 4.45. The Hall–Kier alpha value is -2.73. The van der Waals surface area contributed by atoms with Gasteiger partial charge in [-0.3, -0.25) is 9.36 Å². The maximum absolute atomic E-state index is 12.1. The van der Waals surface area contributed by atoms with E-state index < -0.39 is 0 Å². The van der Waals surface area contributed by atoms with Crippen molar-refractivity contribution < 1.29 is 9.53 Å². The molecule has 0 aliphatic rings. The second-order valence-electron chi connectivity index (χ2n) is 6.50.